The van der Waals surface area contributed by atoms with E-state index >= 15 is 0 Å². The number of rotatable bonds is 7. The van der Waals surface area contributed by atoms with Crippen molar-refractivity contribution >= 4 is 11.6 Å². The van der Waals surface area contributed by atoms with Gasteiger partial charge < -0.3 is 14.8 Å². The molecule has 140 valence electrons. The average molecular weight is 365 g/mol. The van der Waals surface area contributed by atoms with Crippen LogP contribution in [0.4, 0.5) is 5.69 Å². The first-order valence-corrected chi connectivity index (χ1v) is 8.79. The van der Waals surface area contributed by atoms with Gasteiger partial charge in [0.25, 0.3) is 0 Å². The average Bonchev–Trinajstić information content (AvgIpc) is 3.10. The molecule has 2 aromatic carbocycles. The molecule has 0 aliphatic heterocycles. The third-order valence-electron chi connectivity index (χ3n) is 4.30. The molecule has 0 aliphatic rings. The Bertz CT molecular complexity index is 934. The van der Waals surface area contributed by atoms with Crippen LogP contribution in [0.25, 0.3) is 11.3 Å². The van der Waals surface area contributed by atoms with Crippen molar-refractivity contribution in [3.05, 3.63) is 59.8 Å². The number of benzene rings is 2. The van der Waals surface area contributed by atoms with Crippen LogP contribution in [0.1, 0.15) is 18.2 Å². The maximum atomic E-state index is 12.6. The summed E-state index contributed by atoms with van der Waals surface area (Å²) >= 11 is 0. The summed E-state index contributed by atoms with van der Waals surface area (Å²) in [5.41, 5.74) is 4.05. The predicted molar refractivity (Wildman–Crippen MR) is 105 cm³/mol. The van der Waals surface area contributed by atoms with E-state index in [1.54, 1.807) is 14.2 Å². The Labute approximate surface area is 158 Å². The molecule has 0 aliphatic carbocycles. The molecule has 6 nitrogen and oxygen atoms in total. The van der Waals surface area contributed by atoms with Gasteiger partial charge in [0.05, 0.1) is 32.0 Å². The van der Waals surface area contributed by atoms with Gasteiger partial charge in [-0.05, 0) is 36.2 Å². The van der Waals surface area contributed by atoms with Crippen LogP contribution in [-0.2, 0) is 17.6 Å². The van der Waals surface area contributed by atoms with Gasteiger partial charge in [0, 0.05) is 5.56 Å². The number of aromatic nitrogens is 2. The highest BCUT2D eigenvalue weighted by molar-refractivity contribution is 5.96. The number of aryl methyl sites for hydroxylation is 1. The first kappa shape index (κ1) is 18.5. The molecule has 0 unspecified atom stereocenters. The molecule has 0 spiro atoms. The molecule has 2 N–H and O–H groups in total. The topological polar surface area (TPSA) is 76.2 Å². The molecule has 0 atom stereocenters. The SMILES string of the molecule is CCc1[nH]nc(-c2cccc(OC)c2)c1NC(=O)Cc1cccc(OC)c1. The number of carbonyl (C=O) groups is 1. The van der Waals surface area contributed by atoms with E-state index in [9.17, 15) is 4.79 Å². The summed E-state index contributed by atoms with van der Waals surface area (Å²) in [6.45, 7) is 2.01. The number of hydrogen-bond donors (Lipinski definition) is 2. The molecule has 0 fully saturated rings. The molecule has 3 rings (SSSR count). The van der Waals surface area contributed by atoms with Crippen molar-refractivity contribution in [2.45, 2.75) is 19.8 Å². The van der Waals surface area contributed by atoms with E-state index in [2.05, 4.69) is 15.5 Å². The van der Waals surface area contributed by atoms with Crippen LogP contribution < -0.4 is 14.8 Å². The molecule has 0 saturated heterocycles. The summed E-state index contributed by atoms with van der Waals surface area (Å²) in [7, 11) is 3.23. The van der Waals surface area contributed by atoms with Crippen molar-refractivity contribution in [1.82, 2.24) is 10.2 Å². The number of ether oxygens (including phenoxy) is 2. The lowest BCUT2D eigenvalue weighted by atomic mass is 10.1. The lowest BCUT2D eigenvalue weighted by molar-refractivity contribution is -0.115. The second-order valence-corrected chi connectivity index (χ2v) is 6.09. The fraction of sp³-hybridized carbons (Fsp3) is 0.238. The van der Waals surface area contributed by atoms with Crippen molar-refractivity contribution in [3.63, 3.8) is 0 Å². The number of amides is 1. The number of anilines is 1. The van der Waals surface area contributed by atoms with E-state index in [-0.39, 0.29) is 12.3 Å². The Morgan fingerprint density at radius 2 is 1.78 bits per heavy atom. The van der Waals surface area contributed by atoms with Crippen molar-refractivity contribution in [2.75, 3.05) is 19.5 Å². The number of nitrogens with zero attached hydrogens (tertiary/aromatic N) is 1. The van der Waals surface area contributed by atoms with E-state index in [0.29, 0.717) is 11.4 Å². The smallest absolute Gasteiger partial charge is 0.228 e. The quantitative estimate of drug-likeness (QED) is 0.667. The van der Waals surface area contributed by atoms with E-state index in [4.69, 9.17) is 9.47 Å². The molecule has 6 heteroatoms. The number of carbonyl (C=O) groups excluding carboxylic acids is 1. The Kier molecular flexibility index (Phi) is 5.76. The summed E-state index contributed by atoms with van der Waals surface area (Å²) in [5, 5.41) is 10.4. The summed E-state index contributed by atoms with van der Waals surface area (Å²) in [4.78, 5) is 12.6. The molecule has 27 heavy (non-hydrogen) atoms. The molecule has 0 radical (unpaired) electrons. The van der Waals surface area contributed by atoms with E-state index < -0.39 is 0 Å². The van der Waals surface area contributed by atoms with Crippen molar-refractivity contribution in [1.29, 1.82) is 0 Å². The molecular weight excluding hydrogens is 342 g/mol. The Hall–Kier alpha value is -3.28. The fourth-order valence-electron chi connectivity index (χ4n) is 2.90. The normalized spacial score (nSPS) is 10.5. The Balaban J connectivity index is 1.85. The number of aromatic amines is 1. The van der Waals surface area contributed by atoms with Gasteiger partial charge in [-0.15, -0.1) is 0 Å². The van der Waals surface area contributed by atoms with Crippen LogP contribution in [0.15, 0.2) is 48.5 Å². The van der Waals surface area contributed by atoms with E-state index in [1.165, 1.54) is 0 Å². The van der Waals surface area contributed by atoms with E-state index in [1.807, 2.05) is 55.5 Å². The van der Waals surface area contributed by atoms with Gasteiger partial charge in [-0.25, -0.2) is 0 Å². The molecule has 0 bridgehead atoms. The minimum Gasteiger partial charge on any atom is -0.497 e. The second kappa shape index (κ2) is 8.40. The predicted octanol–water partition coefficient (Wildman–Crippen LogP) is 3.84. The number of H-pyrrole nitrogens is 1. The highest BCUT2D eigenvalue weighted by Crippen LogP contribution is 2.31. The zero-order valence-electron chi connectivity index (χ0n) is 15.7. The number of nitrogens with one attached hydrogen (secondary N) is 2. The zero-order chi connectivity index (χ0) is 19.2. The van der Waals surface area contributed by atoms with Gasteiger partial charge in [-0.3, -0.25) is 9.89 Å². The van der Waals surface area contributed by atoms with Crippen LogP contribution in [0, 0.1) is 0 Å². The fourth-order valence-corrected chi connectivity index (χ4v) is 2.90. The molecule has 1 heterocycles. The summed E-state index contributed by atoms with van der Waals surface area (Å²) < 4.78 is 10.5. The van der Waals surface area contributed by atoms with E-state index in [0.717, 1.165) is 34.7 Å². The highest BCUT2D eigenvalue weighted by atomic mass is 16.5. The van der Waals surface area contributed by atoms with Crippen LogP contribution in [-0.4, -0.2) is 30.3 Å². The van der Waals surface area contributed by atoms with Gasteiger partial charge >= 0.3 is 0 Å². The monoisotopic (exact) mass is 365 g/mol. The summed E-state index contributed by atoms with van der Waals surface area (Å²) in [6, 6.07) is 15.1. The van der Waals surface area contributed by atoms with Gasteiger partial charge in [0.1, 0.15) is 17.2 Å². The number of hydrogen-bond acceptors (Lipinski definition) is 4. The standard InChI is InChI=1S/C21H23N3O3/c1-4-18-21(20(24-23-18)15-8-6-10-17(13-15)27-3)22-19(25)12-14-7-5-9-16(11-14)26-2/h5-11,13H,4,12H2,1-3H3,(H,22,25)(H,23,24). The van der Waals surface area contributed by atoms with Gasteiger partial charge in [-0.2, -0.15) is 5.10 Å². The Morgan fingerprint density at radius 1 is 1.07 bits per heavy atom. The van der Waals surface area contributed by atoms with Crippen LogP contribution >= 0.6 is 0 Å². The molecule has 0 saturated carbocycles. The first-order chi connectivity index (χ1) is 13.1. The molecule has 1 amide bonds. The second-order valence-electron chi connectivity index (χ2n) is 6.09. The summed E-state index contributed by atoms with van der Waals surface area (Å²) in [5.74, 6) is 1.36. The van der Waals surface area contributed by atoms with Gasteiger partial charge in [-0.1, -0.05) is 31.2 Å². The Morgan fingerprint density at radius 3 is 2.48 bits per heavy atom. The first-order valence-electron chi connectivity index (χ1n) is 8.79. The lowest BCUT2D eigenvalue weighted by Gasteiger charge is -2.09. The van der Waals surface area contributed by atoms with Gasteiger partial charge in [0.15, 0.2) is 0 Å². The third-order valence-corrected chi connectivity index (χ3v) is 4.30. The largest absolute Gasteiger partial charge is 0.497 e. The minimum absolute atomic E-state index is 0.108. The van der Waals surface area contributed by atoms with Crippen molar-refractivity contribution in [3.8, 4) is 22.8 Å². The van der Waals surface area contributed by atoms with Crippen LogP contribution in [0.2, 0.25) is 0 Å². The summed E-state index contributed by atoms with van der Waals surface area (Å²) in [6.07, 6.45) is 0.981. The zero-order valence-corrected chi connectivity index (χ0v) is 15.7. The van der Waals surface area contributed by atoms with Crippen LogP contribution in [0.5, 0.6) is 11.5 Å². The highest BCUT2D eigenvalue weighted by Gasteiger charge is 2.17. The molecule has 3 aromatic rings. The third kappa shape index (κ3) is 4.28. The maximum absolute atomic E-state index is 12.6. The van der Waals surface area contributed by atoms with Gasteiger partial charge in [0.2, 0.25) is 5.91 Å². The molecular formula is C21H23N3O3. The minimum atomic E-state index is -0.108. The maximum Gasteiger partial charge on any atom is 0.228 e. The number of methoxy groups -OCH3 is 2. The van der Waals surface area contributed by atoms with Crippen LogP contribution in [0.3, 0.4) is 0 Å². The van der Waals surface area contributed by atoms with Crippen molar-refractivity contribution in [2.24, 2.45) is 0 Å². The molecule has 1 aromatic heterocycles. The van der Waals surface area contributed by atoms with Crippen molar-refractivity contribution < 1.29 is 14.3 Å². The lowest BCUT2D eigenvalue weighted by Crippen LogP contribution is -2.15.